The third-order valence-corrected chi connectivity index (χ3v) is 3.48. The van der Waals surface area contributed by atoms with Crippen LogP contribution < -0.4 is 10.6 Å². The highest BCUT2D eigenvalue weighted by Gasteiger charge is 2.15. The summed E-state index contributed by atoms with van der Waals surface area (Å²) in [6.07, 6.45) is 2.52. The van der Waals surface area contributed by atoms with Gasteiger partial charge < -0.3 is 10.6 Å². The first-order valence-electron chi connectivity index (χ1n) is 6.46. The lowest BCUT2D eigenvalue weighted by molar-refractivity contribution is 0.346. The minimum absolute atomic E-state index is 0.0816. The summed E-state index contributed by atoms with van der Waals surface area (Å²) in [6.45, 7) is 5.20. The molecular formula is C14H21FN2. The molecule has 0 saturated carbocycles. The second-order valence-electron chi connectivity index (χ2n) is 4.86. The van der Waals surface area contributed by atoms with Crippen LogP contribution >= 0.6 is 0 Å². The fraction of sp³-hybridized carbons (Fsp3) is 0.571. The molecule has 1 aliphatic heterocycles. The molecule has 0 aliphatic carbocycles. The molecule has 1 heterocycles. The van der Waals surface area contributed by atoms with Crippen molar-refractivity contribution in [1.29, 1.82) is 0 Å². The van der Waals surface area contributed by atoms with Gasteiger partial charge in [0, 0.05) is 11.6 Å². The monoisotopic (exact) mass is 236 g/mol. The van der Waals surface area contributed by atoms with Crippen molar-refractivity contribution in [3.63, 3.8) is 0 Å². The molecule has 2 rings (SSSR count). The highest BCUT2D eigenvalue weighted by molar-refractivity contribution is 5.20. The molecule has 0 amide bonds. The third kappa shape index (κ3) is 3.51. The molecule has 94 valence electrons. The molecule has 0 bridgehead atoms. The van der Waals surface area contributed by atoms with Gasteiger partial charge in [-0.3, -0.25) is 0 Å². The lowest BCUT2D eigenvalue weighted by Gasteiger charge is -2.25. The van der Waals surface area contributed by atoms with E-state index in [9.17, 15) is 4.39 Å². The van der Waals surface area contributed by atoms with E-state index in [0.29, 0.717) is 5.92 Å². The van der Waals surface area contributed by atoms with Crippen LogP contribution in [0.5, 0.6) is 0 Å². The van der Waals surface area contributed by atoms with Gasteiger partial charge in [-0.1, -0.05) is 18.2 Å². The fourth-order valence-electron chi connectivity index (χ4n) is 2.38. The van der Waals surface area contributed by atoms with Gasteiger partial charge in [-0.15, -0.1) is 0 Å². The summed E-state index contributed by atoms with van der Waals surface area (Å²) < 4.78 is 13.6. The van der Waals surface area contributed by atoms with Gasteiger partial charge in [0.25, 0.3) is 0 Å². The van der Waals surface area contributed by atoms with E-state index < -0.39 is 0 Å². The van der Waals surface area contributed by atoms with Crippen molar-refractivity contribution >= 4 is 0 Å². The molecule has 1 aliphatic rings. The molecule has 2 N–H and O–H groups in total. The molecule has 0 spiro atoms. The summed E-state index contributed by atoms with van der Waals surface area (Å²) in [5.74, 6) is 0.562. The predicted molar refractivity (Wildman–Crippen MR) is 68.4 cm³/mol. The van der Waals surface area contributed by atoms with Crippen molar-refractivity contribution < 1.29 is 4.39 Å². The second-order valence-corrected chi connectivity index (χ2v) is 4.86. The molecule has 1 aromatic carbocycles. The van der Waals surface area contributed by atoms with Crippen molar-refractivity contribution in [2.24, 2.45) is 5.92 Å². The minimum atomic E-state index is -0.116. The van der Waals surface area contributed by atoms with Crippen molar-refractivity contribution in [1.82, 2.24) is 10.6 Å². The largest absolute Gasteiger partial charge is 0.316 e. The Balaban J connectivity index is 1.84. The zero-order valence-electron chi connectivity index (χ0n) is 10.4. The zero-order chi connectivity index (χ0) is 12.1. The van der Waals surface area contributed by atoms with Crippen molar-refractivity contribution in [3.8, 4) is 0 Å². The Hall–Kier alpha value is -0.930. The highest BCUT2D eigenvalue weighted by atomic mass is 19.1. The molecule has 2 nitrogen and oxygen atoms in total. The molecule has 2 atom stereocenters. The summed E-state index contributed by atoms with van der Waals surface area (Å²) in [5.41, 5.74) is 0.760. The van der Waals surface area contributed by atoms with E-state index >= 15 is 0 Å². The van der Waals surface area contributed by atoms with Gasteiger partial charge in [0.2, 0.25) is 0 Å². The van der Waals surface area contributed by atoms with E-state index in [1.807, 2.05) is 19.1 Å². The van der Waals surface area contributed by atoms with Crippen LogP contribution in [-0.4, -0.2) is 19.6 Å². The van der Waals surface area contributed by atoms with E-state index in [1.165, 1.54) is 18.9 Å². The summed E-state index contributed by atoms with van der Waals surface area (Å²) in [6, 6.07) is 7.08. The number of benzene rings is 1. The first-order chi connectivity index (χ1) is 8.27. The maximum absolute atomic E-state index is 13.6. The van der Waals surface area contributed by atoms with Crippen LogP contribution in [0.25, 0.3) is 0 Å². The molecule has 0 aromatic heterocycles. The topological polar surface area (TPSA) is 24.1 Å². The number of hydrogen-bond donors (Lipinski definition) is 2. The first-order valence-corrected chi connectivity index (χ1v) is 6.46. The van der Waals surface area contributed by atoms with Crippen LogP contribution in [-0.2, 0) is 0 Å². The SMILES string of the molecule is CC(NCC1CCCNC1)c1ccccc1F. The zero-order valence-corrected chi connectivity index (χ0v) is 10.4. The maximum Gasteiger partial charge on any atom is 0.127 e. The molecule has 1 fully saturated rings. The van der Waals surface area contributed by atoms with Crippen LogP contribution in [0.2, 0.25) is 0 Å². The highest BCUT2D eigenvalue weighted by Crippen LogP contribution is 2.17. The first kappa shape index (κ1) is 12.5. The maximum atomic E-state index is 13.6. The molecular weight excluding hydrogens is 215 g/mol. The fourth-order valence-corrected chi connectivity index (χ4v) is 2.38. The van der Waals surface area contributed by atoms with Crippen LogP contribution in [0, 0.1) is 11.7 Å². The summed E-state index contributed by atoms with van der Waals surface area (Å²) in [4.78, 5) is 0. The number of rotatable bonds is 4. The van der Waals surface area contributed by atoms with Crippen LogP contribution in [0.4, 0.5) is 4.39 Å². The van der Waals surface area contributed by atoms with E-state index in [-0.39, 0.29) is 11.9 Å². The molecule has 1 saturated heterocycles. The van der Waals surface area contributed by atoms with E-state index in [2.05, 4.69) is 10.6 Å². The lowest BCUT2D eigenvalue weighted by Crippen LogP contribution is -2.36. The molecule has 2 unspecified atom stereocenters. The Bertz CT molecular complexity index is 348. The molecule has 1 aromatic rings. The van der Waals surface area contributed by atoms with E-state index in [4.69, 9.17) is 0 Å². The molecule has 0 radical (unpaired) electrons. The Morgan fingerprint density at radius 3 is 3.00 bits per heavy atom. The van der Waals surface area contributed by atoms with E-state index in [1.54, 1.807) is 6.07 Å². The quantitative estimate of drug-likeness (QED) is 0.839. The van der Waals surface area contributed by atoms with Crippen molar-refractivity contribution in [2.75, 3.05) is 19.6 Å². The number of halogens is 1. The number of piperidine rings is 1. The average molecular weight is 236 g/mol. The Labute approximate surface area is 103 Å². The standard InChI is InChI=1S/C14H21FN2/c1-11(13-6-2-3-7-14(13)15)17-10-12-5-4-8-16-9-12/h2-3,6-7,11-12,16-17H,4-5,8-10H2,1H3. The van der Waals surface area contributed by atoms with Gasteiger partial charge in [0.15, 0.2) is 0 Å². The molecule has 3 heteroatoms. The minimum Gasteiger partial charge on any atom is -0.316 e. The van der Waals surface area contributed by atoms with Gasteiger partial charge in [-0.05, 0) is 51.4 Å². The van der Waals surface area contributed by atoms with E-state index in [0.717, 1.165) is 25.2 Å². The van der Waals surface area contributed by atoms with Gasteiger partial charge in [0.05, 0.1) is 0 Å². The van der Waals surface area contributed by atoms with Crippen molar-refractivity contribution in [2.45, 2.75) is 25.8 Å². The van der Waals surface area contributed by atoms with Gasteiger partial charge in [-0.2, -0.15) is 0 Å². The van der Waals surface area contributed by atoms with Gasteiger partial charge in [0.1, 0.15) is 5.82 Å². The second kappa shape index (κ2) is 6.12. The smallest absolute Gasteiger partial charge is 0.127 e. The number of nitrogens with one attached hydrogen (secondary N) is 2. The Kier molecular flexibility index (Phi) is 4.51. The van der Waals surface area contributed by atoms with Gasteiger partial charge >= 0.3 is 0 Å². The van der Waals surface area contributed by atoms with Crippen LogP contribution in [0.15, 0.2) is 24.3 Å². The Morgan fingerprint density at radius 2 is 2.29 bits per heavy atom. The lowest BCUT2D eigenvalue weighted by atomic mass is 9.99. The van der Waals surface area contributed by atoms with Gasteiger partial charge in [-0.25, -0.2) is 4.39 Å². The normalized spacial score (nSPS) is 22.4. The van der Waals surface area contributed by atoms with Crippen LogP contribution in [0.1, 0.15) is 31.4 Å². The Morgan fingerprint density at radius 1 is 1.47 bits per heavy atom. The van der Waals surface area contributed by atoms with Crippen molar-refractivity contribution in [3.05, 3.63) is 35.6 Å². The molecule has 17 heavy (non-hydrogen) atoms. The van der Waals surface area contributed by atoms with Crippen LogP contribution in [0.3, 0.4) is 0 Å². The summed E-state index contributed by atoms with van der Waals surface area (Å²) in [5, 5.41) is 6.83. The average Bonchev–Trinajstić information content (AvgIpc) is 2.38. The summed E-state index contributed by atoms with van der Waals surface area (Å²) >= 11 is 0. The summed E-state index contributed by atoms with van der Waals surface area (Å²) in [7, 11) is 0. The predicted octanol–water partition coefficient (Wildman–Crippen LogP) is 2.48. The number of hydrogen-bond acceptors (Lipinski definition) is 2. The third-order valence-electron chi connectivity index (χ3n) is 3.48.